The van der Waals surface area contributed by atoms with Crippen molar-refractivity contribution < 1.29 is 9.47 Å². The van der Waals surface area contributed by atoms with Crippen molar-refractivity contribution in [3.8, 4) is 17.4 Å². The standard InChI is InChI=1S/C14H15N3O2/c1-14(2)8-9-4-3-5-10(11(9)19-14)18-13-12(15)16-6-7-17-13/h3-7H,8H2,1-2H3,(H2,15,16). The molecule has 1 aliphatic rings. The highest BCUT2D eigenvalue weighted by Gasteiger charge is 2.32. The number of anilines is 1. The van der Waals surface area contributed by atoms with Crippen LogP contribution in [0.2, 0.25) is 0 Å². The number of para-hydroxylation sites is 1. The Balaban J connectivity index is 1.96. The van der Waals surface area contributed by atoms with Crippen molar-refractivity contribution >= 4 is 5.82 Å². The van der Waals surface area contributed by atoms with Crippen molar-refractivity contribution in [2.45, 2.75) is 25.9 Å². The van der Waals surface area contributed by atoms with Gasteiger partial charge in [0.25, 0.3) is 5.88 Å². The van der Waals surface area contributed by atoms with E-state index in [1.807, 2.05) is 32.0 Å². The quantitative estimate of drug-likeness (QED) is 0.895. The predicted octanol–water partition coefficient (Wildman–Crippen LogP) is 2.56. The number of nitrogens with two attached hydrogens (primary N) is 1. The van der Waals surface area contributed by atoms with Crippen LogP contribution in [0.1, 0.15) is 19.4 Å². The van der Waals surface area contributed by atoms with Crippen LogP contribution in [0.3, 0.4) is 0 Å². The first-order valence-corrected chi connectivity index (χ1v) is 6.10. The SMILES string of the molecule is CC1(C)Cc2cccc(Oc3nccnc3N)c2O1. The van der Waals surface area contributed by atoms with E-state index in [1.165, 1.54) is 6.20 Å². The highest BCUT2D eigenvalue weighted by molar-refractivity contribution is 5.53. The van der Waals surface area contributed by atoms with Gasteiger partial charge in [0.2, 0.25) is 0 Å². The minimum Gasteiger partial charge on any atom is -0.483 e. The average molecular weight is 257 g/mol. The van der Waals surface area contributed by atoms with Gasteiger partial charge in [0.15, 0.2) is 17.3 Å². The predicted molar refractivity (Wildman–Crippen MR) is 71.4 cm³/mol. The Morgan fingerprint density at radius 2 is 2.05 bits per heavy atom. The van der Waals surface area contributed by atoms with Crippen LogP contribution in [0.15, 0.2) is 30.6 Å². The Morgan fingerprint density at radius 3 is 2.84 bits per heavy atom. The molecule has 0 spiro atoms. The molecule has 0 radical (unpaired) electrons. The van der Waals surface area contributed by atoms with Crippen molar-refractivity contribution in [2.75, 3.05) is 5.73 Å². The van der Waals surface area contributed by atoms with Gasteiger partial charge in [-0.15, -0.1) is 0 Å². The normalized spacial score (nSPS) is 15.7. The number of benzene rings is 1. The van der Waals surface area contributed by atoms with Gasteiger partial charge in [0.1, 0.15) is 5.60 Å². The molecule has 19 heavy (non-hydrogen) atoms. The lowest BCUT2D eigenvalue weighted by atomic mass is 10.0. The van der Waals surface area contributed by atoms with Crippen LogP contribution in [0.4, 0.5) is 5.82 Å². The monoisotopic (exact) mass is 257 g/mol. The molecule has 1 aromatic heterocycles. The zero-order chi connectivity index (χ0) is 13.5. The average Bonchev–Trinajstić information content (AvgIpc) is 2.67. The van der Waals surface area contributed by atoms with E-state index in [1.54, 1.807) is 6.20 Å². The molecule has 2 aromatic rings. The number of nitrogens with zero attached hydrogens (tertiary/aromatic N) is 2. The van der Waals surface area contributed by atoms with Crippen LogP contribution in [0.25, 0.3) is 0 Å². The van der Waals surface area contributed by atoms with E-state index in [-0.39, 0.29) is 11.4 Å². The second-order valence-corrected chi connectivity index (χ2v) is 5.13. The van der Waals surface area contributed by atoms with E-state index < -0.39 is 0 Å². The van der Waals surface area contributed by atoms with Gasteiger partial charge < -0.3 is 15.2 Å². The van der Waals surface area contributed by atoms with Gasteiger partial charge in [-0.05, 0) is 19.9 Å². The van der Waals surface area contributed by atoms with Crippen LogP contribution in [0.5, 0.6) is 17.4 Å². The number of ether oxygens (including phenoxy) is 2. The summed E-state index contributed by atoms with van der Waals surface area (Å²) in [6, 6.07) is 5.82. The van der Waals surface area contributed by atoms with Crippen molar-refractivity contribution in [3.05, 3.63) is 36.2 Å². The molecule has 3 rings (SSSR count). The summed E-state index contributed by atoms with van der Waals surface area (Å²) in [4.78, 5) is 8.02. The summed E-state index contributed by atoms with van der Waals surface area (Å²) in [5.74, 6) is 1.94. The minimum absolute atomic E-state index is 0.213. The number of hydrogen-bond donors (Lipinski definition) is 1. The van der Waals surface area contributed by atoms with E-state index in [9.17, 15) is 0 Å². The van der Waals surface area contributed by atoms with E-state index in [0.29, 0.717) is 11.6 Å². The number of hydrogen-bond acceptors (Lipinski definition) is 5. The second kappa shape index (κ2) is 4.12. The Morgan fingerprint density at radius 1 is 1.26 bits per heavy atom. The molecule has 0 unspecified atom stereocenters. The molecule has 0 saturated heterocycles. The van der Waals surface area contributed by atoms with Crippen molar-refractivity contribution in [3.63, 3.8) is 0 Å². The smallest absolute Gasteiger partial charge is 0.262 e. The summed E-state index contributed by atoms with van der Waals surface area (Å²) >= 11 is 0. The maximum absolute atomic E-state index is 5.92. The van der Waals surface area contributed by atoms with Gasteiger partial charge in [-0.1, -0.05) is 12.1 Å². The molecular formula is C14H15N3O2. The topological polar surface area (TPSA) is 70.3 Å². The molecule has 5 heteroatoms. The van der Waals surface area contributed by atoms with Gasteiger partial charge in [-0.2, -0.15) is 0 Å². The fourth-order valence-electron chi connectivity index (χ4n) is 2.19. The molecular weight excluding hydrogens is 242 g/mol. The molecule has 0 atom stereocenters. The molecule has 5 nitrogen and oxygen atoms in total. The third-order valence-corrected chi connectivity index (χ3v) is 2.95. The zero-order valence-electron chi connectivity index (χ0n) is 10.9. The van der Waals surface area contributed by atoms with Crippen LogP contribution >= 0.6 is 0 Å². The first-order valence-electron chi connectivity index (χ1n) is 6.10. The van der Waals surface area contributed by atoms with Gasteiger partial charge in [-0.3, -0.25) is 0 Å². The molecule has 2 N–H and O–H groups in total. The minimum atomic E-state index is -0.213. The molecule has 1 aromatic carbocycles. The van der Waals surface area contributed by atoms with Gasteiger partial charge >= 0.3 is 0 Å². The summed E-state index contributed by atoms with van der Waals surface area (Å²) < 4.78 is 11.6. The Hall–Kier alpha value is -2.30. The van der Waals surface area contributed by atoms with Crippen LogP contribution < -0.4 is 15.2 Å². The number of fused-ring (bicyclic) bond motifs is 1. The lowest BCUT2D eigenvalue weighted by molar-refractivity contribution is 0.135. The Labute approximate surface area is 111 Å². The summed E-state index contributed by atoms with van der Waals surface area (Å²) in [5, 5.41) is 0. The molecule has 98 valence electrons. The lowest BCUT2D eigenvalue weighted by Crippen LogP contribution is -2.24. The van der Waals surface area contributed by atoms with Gasteiger partial charge in [-0.25, -0.2) is 9.97 Å². The maximum atomic E-state index is 5.92. The molecule has 0 amide bonds. The van der Waals surface area contributed by atoms with Crippen LogP contribution in [-0.2, 0) is 6.42 Å². The van der Waals surface area contributed by atoms with E-state index in [0.717, 1.165) is 17.7 Å². The molecule has 0 fully saturated rings. The second-order valence-electron chi connectivity index (χ2n) is 5.13. The fourth-order valence-corrected chi connectivity index (χ4v) is 2.19. The van der Waals surface area contributed by atoms with Crippen LogP contribution in [0, 0.1) is 0 Å². The van der Waals surface area contributed by atoms with Crippen molar-refractivity contribution in [2.24, 2.45) is 0 Å². The van der Waals surface area contributed by atoms with Crippen molar-refractivity contribution in [1.82, 2.24) is 9.97 Å². The zero-order valence-corrected chi connectivity index (χ0v) is 10.9. The van der Waals surface area contributed by atoms with Gasteiger partial charge in [0, 0.05) is 24.4 Å². The number of nitrogen functional groups attached to an aromatic ring is 1. The molecule has 0 bridgehead atoms. The summed E-state index contributed by atoms with van der Waals surface area (Å²) in [5.41, 5.74) is 6.64. The lowest BCUT2D eigenvalue weighted by Gasteiger charge is -2.18. The molecule has 2 heterocycles. The summed E-state index contributed by atoms with van der Waals surface area (Å²) in [7, 11) is 0. The Kier molecular flexibility index (Phi) is 2.55. The molecule has 0 aliphatic carbocycles. The van der Waals surface area contributed by atoms with Gasteiger partial charge in [0.05, 0.1) is 0 Å². The first-order chi connectivity index (χ1) is 9.05. The maximum Gasteiger partial charge on any atom is 0.262 e. The Bertz CT molecular complexity index is 626. The number of aromatic nitrogens is 2. The van der Waals surface area contributed by atoms with E-state index in [2.05, 4.69) is 9.97 Å². The third kappa shape index (κ3) is 2.19. The van der Waals surface area contributed by atoms with E-state index in [4.69, 9.17) is 15.2 Å². The highest BCUT2D eigenvalue weighted by Crippen LogP contribution is 2.43. The highest BCUT2D eigenvalue weighted by atomic mass is 16.5. The molecule has 1 aliphatic heterocycles. The largest absolute Gasteiger partial charge is 0.483 e. The molecule has 0 saturated carbocycles. The van der Waals surface area contributed by atoms with Crippen molar-refractivity contribution in [1.29, 1.82) is 0 Å². The van der Waals surface area contributed by atoms with E-state index >= 15 is 0 Å². The summed E-state index contributed by atoms with van der Waals surface area (Å²) in [6.45, 7) is 4.10. The fraction of sp³-hybridized carbons (Fsp3) is 0.286. The summed E-state index contributed by atoms with van der Waals surface area (Å²) in [6.07, 6.45) is 3.92. The number of rotatable bonds is 2. The third-order valence-electron chi connectivity index (χ3n) is 2.95. The first kappa shape index (κ1) is 11.8. The van der Waals surface area contributed by atoms with Crippen LogP contribution in [-0.4, -0.2) is 15.6 Å².